The maximum Gasteiger partial charge on any atom is 0.233 e. The zero-order valence-electron chi connectivity index (χ0n) is 9.51. The van der Waals surface area contributed by atoms with Crippen molar-refractivity contribution in [2.75, 3.05) is 6.61 Å². The minimum atomic E-state index is -0.152. The number of amides is 1. The molecule has 0 aliphatic heterocycles. The zero-order chi connectivity index (χ0) is 13.5. The number of carbonyl (C=O) groups excluding carboxylic acids is 1. The average molecular weight is 445 g/mol. The first-order valence-electron chi connectivity index (χ1n) is 5.31. The lowest BCUT2D eigenvalue weighted by molar-refractivity contribution is -0.121. The summed E-state index contributed by atoms with van der Waals surface area (Å²) in [7, 11) is 0. The Morgan fingerprint density at radius 2 is 1.83 bits per heavy atom. The molecule has 0 heterocycles. The minimum Gasteiger partial charge on any atom is -0.491 e. The summed E-state index contributed by atoms with van der Waals surface area (Å²) in [4.78, 5) is 10.9. The number of rotatable bonds is 6. The minimum absolute atomic E-state index is 0.152. The van der Waals surface area contributed by atoms with E-state index in [2.05, 4.69) is 53.2 Å². The van der Waals surface area contributed by atoms with Gasteiger partial charge in [-0.2, -0.15) is 0 Å². The lowest BCUT2D eigenvalue weighted by Crippen LogP contribution is -2.29. The highest BCUT2D eigenvalue weighted by atomic mass is 79.9. The van der Waals surface area contributed by atoms with Gasteiger partial charge in [0.25, 0.3) is 0 Å². The van der Waals surface area contributed by atoms with Crippen molar-refractivity contribution in [1.29, 1.82) is 0 Å². The smallest absolute Gasteiger partial charge is 0.233 e. The average Bonchev–Trinajstić information content (AvgIpc) is 2.31. The van der Waals surface area contributed by atoms with Gasteiger partial charge in [0.1, 0.15) is 5.75 Å². The van der Waals surface area contributed by atoms with Crippen LogP contribution in [-0.2, 0) is 4.79 Å². The summed E-state index contributed by atoms with van der Waals surface area (Å²) in [5.74, 6) is 5.60. The second-order valence-corrected chi connectivity index (χ2v) is 6.20. The Morgan fingerprint density at radius 1 is 1.22 bits per heavy atom. The molecule has 0 spiro atoms. The zero-order valence-corrected chi connectivity index (χ0v) is 14.3. The molecule has 1 amide bonds. The fourth-order valence-corrected chi connectivity index (χ4v) is 3.79. The Labute approximate surface area is 131 Å². The number of carbonyl (C=O) groups is 1. The highest BCUT2D eigenvalue weighted by Crippen LogP contribution is 2.36. The summed E-state index contributed by atoms with van der Waals surface area (Å²) in [5.41, 5.74) is 2.10. The van der Waals surface area contributed by atoms with Crippen molar-refractivity contribution in [2.45, 2.75) is 19.3 Å². The van der Waals surface area contributed by atoms with Crippen molar-refractivity contribution in [3.63, 3.8) is 0 Å². The van der Waals surface area contributed by atoms with E-state index in [4.69, 9.17) is 10.6 Å². The number of nitrogens with one attached hydrogen (secondary N) is 1. The highest BCUT2D eigenvalue weighted by molar-refractivity contribution is 9.11. The van der Waals surface area contributed by atoms with Crippen molar-refractivity contribution in [2.24, 2.45) is 5.84 Å². The van der Waals surface area contributed by atoms with Gasteiger partial charge in [-0.25, -0.2) is 5.84 Å². The number of hydrazine groups is 1. The summed E-state index contributed by atoms with van der Waals surface area (Å²) in [6.07, 6.45) is 1.96. The first-order chi connectivity index (χ1) is 8.54. The molecule has 0 aliphatic carbocycles. The summed E-state index contributed by atoms with van der Waals surface area (Å²) >= 11 is 10.3. The van der Waals surface area contributed by atoms with Gasteiger partial charge < -0.3 is 4.74 Å². The molecule has 0 unspecified atom stereocenters. The SMILES string of the molecule is NNC(=O)CCCCOc1c(Br)cc(Br)cc1Br. The van der Waals surface area contributed by atoms with Crippen molar-refractivity contribution in [3.8, 4) is 5.75 Å². The maximum atomic E-state index is 10.9. The quantitative estimate of drug-likeness (QED) is 0.305. The molecule has 0 saturated heterocycles. The third kappa shape index (κ3) is 5.26. The number of hydrogen-bond donors (Lipinski definition) is 2. The van der Waals surface area contributed by atoms with Gasteiger partial charge in [-0.05, 0) is 56.8 Å². The Bertz CT molecular complexity index is 404. The molecule has 0 aromatic heterocycles. The van der Waals surface area contributed by atoms with E-state index in [1.165, 1.54) is 0 Å². The number of benzene rings is 1. The highest BCUT2D eigenvalue weighted by Gasteiger charge is 2.08. The van der Waals surface area contributed by atoms with Crippen LogP contribution in [0.5, 0.6) is 5.75 Å². The van der Waals surface area contributed by atoms with Crippen LogP contribution in [0.3, 0.4) is 0 Å². The molecule has 1 aromatic rings. The molecule has 18 heavy (non-hydrogen) atoms. The van der Waals surface area contributed by atoms with Crippen LogP contribution < -0.4 is 16.0 Å². The number of hydrogen-bond acceptors (Lipinski definition) is 3. The van der Waals surface area contributed by atoms with Crippen LogP contribution in [0.15, 0.2) is 25.6 Å². The molecule has 3 N–H and O–H groups in total. The van der Waals surface area contributed by atoms with Gasteiger partial charge in [0, 0.05) is 10.9 Å². The van der Waals surface area contributed by atoms with Gasteiger partial charge >= 0.3 is 0 Å². The van der Waals surface area contributed by atoms with E-state index >= 15 is 0 Å². The molecule has 1 rings (SSSR count). The topological polar surface area (TPSA) is 64.3 Å². The Hall–Kier alpha value is -0.110. The second-order valence-electron chi connectivity index (χ2n) is 3.57. The first kappa shape index (κ1) is 15.9. The van der Waals surface area contributed by atoms with Crippen LogP contribution in [0.1, 0.15) is 19.3 Å². The van der Waals surface area contributed by atoms with Gasteiger partial charge in [-0.3, -0.25) is 10.2 Å². The molecule has 1 aromatic carbocycles. The largest absolute Gasteiger partial charge is 0.491 e. The van der Waals surface area contributed by atoms with Crippen LogP contribution in [0, 0.1) is 0 Å². The maximum absolute atomic E-state index is 10.9. The summed E-state index contributed by atoms with van der Waals surface area (Å²) in [5, 5.41) is 0. The normalized spacial score (nSPS) is 10.2. The van der Waals surface area contributed by atoms with Crippen molar-refractivity contribution in [3.05, 3.63) is 25.6 Å². The van der Waals surface area contributed by atoms with E-state index in [-0.39, 0.29) is 5.91 Å². The number of unbranched alkanes of at least 4 members (excludes halogenated alkanes) is 1. The predicted molar refractivity (Wildman–Crippen MR) is 81.2 cm³/mol. The predicted octanol–water partition coefficient (Wildman–Crippen LogP) is 3.51. The molecule has 0 aliphatic rings. The molecule has 4 nitrogen and oxygen atoms in total. The molecular formula is C11H13Br3N2O2. The molecule has 100 valence electrons. The van der Waals surface area contributed by atoms with Crippen LogP contribution in [-0.4, -0.2) is 12.5 Å². The van der Waals surface area contributed by atoms with Gasteiger partial charge in [0.2, 0.25) is 5.91 Å². The van der Waals surface area contributed by atoms with Crippen LogP contribution in [0.2, 0.25) is 0 Å². The van der Waals surface area contributed by atoms with Crippen LogP contribution in [0.25, 0.3) is 0 Å². The Kier molecular flexibility index (Phi) is 7.21. The van der Waals surface area contributed by atoms with E-state index in [1.54, 1.807) is 0 Å². The van der Waals surface area contributed by atoms with Gasteiger partial charge in [0.05, 0.1) is 15.6 Å². The van der Waals surface area contributed by atoms with E-state index in [1.807, 2.05) is 12.1 Å². The molecule has 0 atom stereocenters. The lowest BCUT2D eigenvalue weighted by Gasteiger charge is -2.10. The number of halogens is 3. The van der Waals surface area contributed by atoms with Gasteiger partial charge in [-0.15, -0.1) is 0 Å². The fraction of sp³-hybridized carbons (Fsp3) is 0.364. The monoisotopic (exact) mass is 442 g/mol. The summed E-state index contributed by atoms with van der Waals surface area (Å²) in [6, 6.07) is 3.84. The van der Waals surface area contributed by atoms with E-state index in [9.17, 15) is 4.79 Å². The molecular weight excluding hydrogens is 432 g/mol. The summed E-state index contributed by atoms with van der Waals surface area (Å²) in [6.45, 7) is 0.552. The third-order valence-electron chi connectivity index (χ3n) is 2.17. The van der Waals surface area contributed by atoms with Gasteiger partial charge in [-0.1, -0.05) is 15.9 Å². The van der Waals surface area contributed by atoms with Gasteiger partial charge in [0.15, 0.2) is 0 Å². The molecule has 7 heteroatoms. The van der Waals surface area contributed by atoms with Crippen LogP contribution >= 0.6 is 47.8 Å². The Balaban J connectivity index is 2.38. The van der Waals surface area contributed by atoms with E-state index in [0.717, 1.165) is 32.0 Å². The van der Waals surface area contributed by atoms with Crippen molar-refractivity contribution < 1.29 is 9.53 Å². The van der Waals surface area contributed by atoms with Crippen LogP contribution in [0.4, 0.5) is 0 Å². The molecule has 0 radical (unpaired) electrons. The second kappa shape index (κ2) is 8.14. The van der Waals surface area contributed by atoms with E-state index in [0.29, 0.717) is 13.0 Å². The molecule has 0 bridgehead atoms. The van der Waals surface area contributed by atoms with E-state index < -0.39 is 0 Å². The third-order valence-corrected chi connectivity index (χ3v) is 3.80. The van der Waals surface area contributed by atoms with Crippen molar-refractivity contribution >= 4 is 53.7 Å². The Morgan fingerprint density at radius 3 is 2.39 bits per heavy atom. The standard InChI is InChI=1S/C11H13Br3N2O2/c12-7-5-8(13)11(9(14)6-7)18-4-2-1-3-10(17)16-15/h5-6H,1-4,15H2,(H,16,17). The summed E-state index contributed by atoms with van der Waals surface area (Å²) < 4.78 is 8.38. The van der Waals surface area contributed by atoms with Crippen molar-refractivity contribution in [1.82, 2.24) is 5.43 Å². The number of nitrogens with two attached hydrogens (primary N) is 1. The molecule has 0 saturated carbocycles. The fourth-order valence-electron chi connectivity index (χ4n) is 1.30. The first-order valence-corrected chi connectivity index (χ1v) is 7.69. The number of ether oxygens (including phenoxy) is 1. The molecule has 0 fully saturated rings. The lowest BCUT2D eigenvalue weighted by atomic mass is 10.2.